The summed E-state index contributed by atoms with van der Waals surface area (Å²) in [6, 6.07) is 0.157. The van der Waals surface area contributed by atoms with Gasteiger partial charge < -0.3 is 16.0 Å². The molecule has 6 N–H and O–H groups in total. The van der Waals surface area contributed by atoms with Crippen LogP contribution in [0.25, 0.3) is 0 Å². The van der Waals surface area contributed by atoms with Crippen molar-refractivity contribution in [3.8, 4) is 0 Å². The molecule has 1 fully saturated rings. The number of hydrogen-bond donors (Lipinski definition) is 4. The zero-order valence-corrected chi connectivity index (χ0v) is 7.23. The first kappa shape index (κ1) is 9.59. The molecule has 1 heterocycles. The molecule has 7 nitrogen and oxygen atoms in total. The Labute approximate surface area is 76.1 Å². The SMILES string of the molecule is NN/N=C(\N)N1CC[C@H](NC=O)C1. The Bertz CT molecular complexity index is 205. The average Bonchev–Trinajstić information content (AvgIpc) is 2.54. The van der Waals surface area contributed by atoms with Crippen LogP contribution in [0.2, 0.25) is 0 Å². The van der Waals surface area contributed by atoms with Crippen LogP contribution in [-0.2, 0) is 4.79 Å². The smallest absolute Gasteiger partial charge is 0.215 e. The minimum Gasteiger partial charge on any atom is -0.368 e. The van der Waals surface area contributed by atoms with Gasteiger partial charge in [-0.25, -0.2) is 11.4 Å². The van der Waals surface area contributed by atoms with Crippen molar-refractivity contribution in [3.63, 3.8) is 0 Å². The number of nitrogens with one attached hydrogen (secondary N) is 2. The monoisotopic (exact) mass is 186 g/mol. The Morgan fingerprint density at radius 1 is 1.69 bits per heavy atom. The molecule has 0 unspecified atom stereocenters. The summed E-state index contributed by atoms with van der Waals surface area (Å²) in [6.07, 6.45) is 1.57. The van der Waals surface area contributed by atoms with Crippen molar-refractivity contribution < 1.29 is 4.79 Å². The molecule has 0 spiro atoms. The molecule has 1 saturated heterocycles. The molecule has 1 atom stereocenters. The second-order valence-corrected chi connectivity index (χ2v) is 2.82. The lowest BCUT2D eigenvalue weighted by atomic mass is 10.3. The molecule has 1 amide bonds. The highest BCUT2D eigenvalue weighted by molar-refractivity contribution is 5.78. The summed E-state index contributed by atoms with van der Waals surface area (Å²) in [5.41, 5.74) is 7.69. The maximum Gasteiger partial charge on any atom is 0.215 e. The van der Waals surface area contributed by atoms with Crippen LogP contribution in [-0.4, -0.2) is 36.4 Å². The third-order valence-corrected chi connectivity index (χ3v) is 2.00. The van der Waals surface area contributed by atoms with Crippen LogP contribution in [0, 0.1) is 0 Å². The number of nitrogens with zero attached hydrogens (tertiary/aromatic N) is 2. The van der Waals surface area contributed by atoms with E-state index in [1.54, 1.807) is 0 Å². The molecular weight excluding hydrogens is 172 g/mol. The highest BCUT2D eigenvalue weighted by atomic mass is 16.1. The average molecular weight is 186 g/mol. The third kappa shape index (κ3) is 2.48. The van der Waals surface area contributed by atoms with Crippen molar-refractivity contribution >= 4 is 12.4 Å². The van der Waals surface area contributed by atoms with E-state index >= 15 is 0 Å². The number of guanidine groups is 1. The van der Waals surface area contributed by atoms with Crippen LogP contribution in [0.15, 0.2) is 5.10 Å². The van der Waals surface area contributed by atoms with Gasteiger partial charge in [0.05, 0.1) is 0 Å². The first-order chi connectivity index (χ1) is 6.27. The zero-order chi connectivity index (χ0) is 9.68. The van der Waals surface area contributed by atoms with E-state index in [0.29, 0.717) is 18.9 Å². The lowest BCUT2D eigenvalue weighted by molar-refractivity contribution is -0.110. The Hall–Kier alpha value is -1.50. The molecule has 1 aliphatic heterocycles. The number of hydrazine groups is 1. The van der Waals surface area contributed by atoms with E-state index in [1.165, 1.54) is 0 Å². The predicted octanol–water partition coefficient (Wildman–Crippen LogP) is -2.50. The highest BCUT2D eigenvalue weighted by Gasteiger charge is 2.22. The Kier molecular flexibility index (Phi) is 3.32. The van der Waals surface area contributed by atoms with Crippen LogP contribution < -0.4 is 22.4 Å². The van der Waals surface area contributed by atoms with E-state index in [-0.39, 0.29) is 6.04 Å². The molecule has 7 heteroatoms. The highest BCUT2D eigenvalue weighted by Crippen LogP contribution is 2.07. The fraction of sp³-hybridized carbons (Fsp3) is 0.667. The van der Waals surface area contributed by atoms with E-state index in [9.17, 15) is 4.79 Å². The Morgan fingerprint density at radius 2 is 2.46 bits per heavy atom. The second kappa shape index (κ2) is 4.51. The molecule has 0 saturated carbocycles. The molecule has 74 valence electrons. The summed E-state index contributed by atoms with van der Waals surface area (Å²) in [4.78, 5) is 12.0. The predicted molar refractivity (Wildman–Crippen MR) is 48.1 cm³/mol. The number of amides is 1. The summed E-state index contributed by atoms with van der Waals surface area (Å²) in [5.74, 6) is 5.32. The third-order valence-electron chi connectivity index (χ3n) is 2.00. The molecule has 0 aromatic carbocycles. The minimum absolute atomic E-state index is 0.157. The molecule has 0 bridgehead atoms. The van der Waals surface area contributed by atoms with Crippen molar-refractivity contribution in [1.82, 2.24) is 15.8 Å². The number of likely N-dealkylation sites (tertiary alicyclic amines) is 1. The van der Waals surface area contributed by atoms with Gasteiger partial charge in [0.1, 0.15) is 0 Å². The maximum atomic E-state index is 10.1. The van der Waals surface area contributed by atoms with Crippen LogP contribution >= 0.6 is 0 Å². The van der Waals surface area contributed by atoms with Crippen LogP contribution in [0.4, 0.5) is 0 Å². The summed E-state index contributed by atoms with van der Waals surface area (Å²) in [7, 11) is 0. The number of rotatable bonds is 3. The molecular formula is C6H14N6O. The summed E-state index contributed by atoms with van der Waals surface area (Å²) in [6.45, 7) is 1.46. The molecule has 1 rings (SSSR count). The van der Waals surface area contributed by atoms with Gasteiger partial charge in [-0.05, 0) is 6.42 Å². The standard InChI is InChI=1S/C6H14N6O/c7-6(10-11-8)12-2-1-5(3-12)9-4-13/h4-5,11H,1-3,8H2,(H2,7,10)(H,9,13)/t5-/m0/s1. The minimum atomic E-state index is 0.157. The van der Waals surface area contributed by atoms with Gasteiger partial charge >= 0.3 is 0 Å². The topological polar surface area (TPSA) is 109 Å². The Morgan fingerprint density at radius 3 is 3.08 bits per heavy atom. The van der Waals surface area contributed by atoms with Crippen molar-refractivity contribution in [2.24, 2.45) is 16.7 Å². The lowest BCUT2D eigenvalue weighted by Gasteiger charge is -2.16. The van der Waals surface area contributed by atoms with E-state index in [4.69, 9.17) is 11.6 Å². The number of carbonyl (C=O) groups excluding carboxylic acids is 1. The maximum absolute atomic E-state index is 10.1. The number of hydrazone groups is 1. The van der Waals surface area contributed by atoms with E-state index < -0.39 is 0 Å². The van der Waals surface area contributed by atoms with Gasteiger partial charge in [-0.1, -0.05) is 0 Å². The van der Waals surface area contributed by atoms with E-state index in [2.05, 4.69) is 16.0 Å². The normalized spacial score (nSPS) is 23.0. The van der Waals surface area contributed by atoms with Gasteiger partial charge in [0, 0.05) is 19.1 Å². The number of carbonyl (C=O) groups is 1. The van der Waals surface area contributed by atoms with Gasteiger partial charge in [-0.3, -0.25) is 4.79 Å². The van der Waals surface area contributed by atoms with Gasteiger partial charge in [-0.2, -0.15) is 0 Å². The summed E-state index contributed by atoms with van der Waals surface area (Å²) < 4.78 is 0. The first-order valence-corrected chi connectivity index (χ1v) is 4.01. The lowest BCUT2D eigenvalue weighted by Crippen LogP contribution is -2.40. The number of nitrogens with two attached hydrogens (primary N) is 2. The van der Waals surface area contributed by atoms with Crippen molar-refractivity contribution in [3.05, 3.63) is 0 Å². The van der Waals surface area contributed by atoms with E-state index in [1.807, 2.05) is 4.90 Å². The number of hydrogen-bond acceptors (Lipinski definition) is 4. The van der Waals surface area contributed by atoms with Crippen molar-refractivity contribution in [2.75, 3.05) is 13.1 Å². The second-order valence-electron chi connectivity index (χ2n) is 2.82. The summed E-state index contributed by atoms with van der Waals surface area (Å²) >= 11 is 0. The first-order valence-electron chi connectivity index (χ1n) is 4.01. The van der Waals surface area contributed by atoms with Gasteiger partial charge in [0.25, 0.3) is 0 Å². The van der Waals surface area contributed by atoms with E-state index in [0.717, 1.165) is 13.0 Å². The van der Waals surface area contributed by atoms with Crippen LogP contribution in [0.5, 0.6) is 0 Å². The molecule has 13 heavy (non-hydrogen) atoms. The summed E-state index contributed by atoms with van der Waals surface area (Å²) in [5, 5.41) is 6.32. The Balaban J connectivity index is 2.40. The molecule has 1 aliphatic rings. The molecule has 0 radical (unpaired) electrons. The van der Waals surface area contributed by atoms with Crippen LogP contribution in [0.1, 0.15) is 6.42 Å². The fourth-order valence-corrected chi connectivity index (χ4v) is 1.34. The van der Waals surface area contributed by atoms with Gasteiger partial charge in [0.15, 0.2) is 0 Å². The largest absolute Gasteiger partial charge is 0.368 e. The van der Waals surface area contributed by atoms with Gasteiger partial charge in [-0.15, -0.1) is 5.10 Å². The van der Waals surface area contributed by atoms with Crippen molar-refractivity contribution in [1.29, 1.82) is 0 Å². The molecule has 0 aromatic heterocycles. The zero-order valence-electron chi connectivity index (χ0n) is 7.23. The van der Waals surface area contributed by atoms with Gasteiger partial charge in [0.2, 0.25) is 12.4 Å². The molecule has 0 aromatic rings. The quantitative estimate of drug-likeness (QED) is 0.128. The molecule has 0 aliphatic carbocycles. The fourth-order valence-electron chi connectivity index (χ4n) is 1.34. The van der Waals surface area contributed by atoms with Crippen LogP contribution in [0.3, 0.4) is 0 Å². The van der Waals surface area contributed by atoms with Crippen molar-refractivity contribution in [2.45, 2.75) is 12.5 Å².